The number of carboxylic acids is 1. The summed E-state index contributed by atoms with van der Waals surface area (Å²) in [7, 11) is 0. The maximum atomic E-state index is 12.1. The topological polar surface area (TPSA) is 54.4 Å². The Kier molecular flexibility index (Phi) is 20.2. The van der Waals surface area contributed by atoms with Gasteiger partial charge in [-0.3, -0.25) is 9.59 Å². The number of carboxylic acid groups (broad SMARTS) is 1. The highest BCUT2D eigenvalue weighted by Gasteiger charge is 2.24. The molecule has 1 atom stereocenters. The number of ketones is 1. The normalized spacial score (nSPS) is 12.2. The number of carbonyl (C=O) groups is 2. The van der Waals surface area contributed by atoms with Gasteiger partial charge in [0.25, 0.3) is 0 Å². The Morgan fingerprint density at radius 1 is 0.571 bits per heavy atom. The molecule has 3 heteroatoms. The third-order valence-electron chi connectivity index (χ3n) is 5.81. The van der Waals surface area contributed by atoms with Crippen LogP contribution in [0.2, 0.25) is 0 Å². The van der Waals surface area contributed by atoms with Crippen molar-refractivity contribution in [1.82, 2.24) is 0 Å². The average molecular weight is 397 g/mol. The number of carbonyl (C=O) groups excluding carboxylic acids is 1. The van der Waals surface area contributed by atoms with Crippen LogP contribution in [0.4, 0.5) is 0 Å². The summed E-state index contributed by atoms with van der Waals surface area (Å²) in [4.78, 5) is 23.4. The summed E-state index contributed by atoms with van der Waals surface area (Å²) in [5.41, 5.74) is 0. The number of Topliss-reactive ketones (excluding diaryl/α,β-unsaturated/α-hetero) is 1. The Bertz CT molecular complexity index is 365. The number of hydrogen-bond acceptors (Lipinski definition) is 2. The zero-order valence-corrected chi connectivity index (χ0v) is 19.0. The zero-order valence-electron chi connectivity index (χ0n) is 19.0. The molecular formula is C25H48O3. The molecule has 166 valence electrons. The molecule has 0 saturated carbocycles. The second-order valence-electron chi connectivity index (χ2n) is 8.55. The van der Waals surface area contributed by atoms with E-state index in [9.17, 15) is 14.7 Å². The van der Waals surface area contributed by atoms with Gasteiger partial charge in [-0.15, -0.1) is 0 Å². The molecule has 0 aliphatic heterocycles. The molecule has 0 radical (unpaired) electrons. The van der Waals surface area contributed by atoms with Crippen molar-refractivity contribution >= 4 is 11.8 Å². The molecule has 0 rings (SSSR count). The van der Waals surface area contributed by atoms with Gasteiger partial charge in [-0.05, 0) is 12.8 Å². The van der Waals surface area contributed by atoms with Gasteiger partial charge in [0.2, 0.25) is 0 Å². The molecule has 0 amide bonds. The largest absolute Gasteiger partial charge is 0.481 e. The lowest BCUT2D eigenvalue weighted by Gasteiger charge is -2.11. The highest BCUT2D eigenvalue weighted by atomic mass is 16.4. The fraction of sp³-hybridized carbons (Fsp3) is 0.920. The lowest BCUT2D eigenvalue weighted by Crippen LogP contribution is -2.23. The van der Waals surface area contributed by atoms with Crippen molar-refractivity contribution < 1.29 is 14.7 Å². The summed E-state index contributed by atoms with van der Waals surface area (Å²) >= 11 is 0. The molecule has 0 aromatic heterocycles. The lowest BCUT2D eigenvalue weighted by molar-refractivity contribution is -0.146. The van der Waals surface area contributed by atoms with Gasteiger partial charge in [0.05, 0.1) is 0 Å². The maximum Gasteiger partial charge on any atom is 0.314 e. The van der Waals surface area contributed by atoms with E-state index in [-0.39, 0.29) is 5.78 Å². The highest BCUT2D eigenvalue weighted by molar-refractivity contribution is 5.98. The van der Waals surface area contributed by atoms with E-state index >= 15 is 0 Å². The Hall–Kier alpha value is -0.860. The second-order valence-corrected chi connectivity index (χ2v) is 8.55. The minimum absolute atomic E-state index is 0.0571. The third kappa shape index (κ3) is 17.3. The molecule has 0 heterocycles. The van der Waals surface area contributed by atoms with Crippen molar-refractivity contribution in [3.8, 4) is 0 Å². The van der Waals surface area contributed by atoms with Crippen LogP contribution < -0.4 is 0 Å². The van der Waals surface area contributed by atoms with Crippen molar-refractivity contribution in [2.24, 2.45) is 5.92 Å². The van der Waals surface area contributed by atoms with Gasteiger partial charge < -0.3 is 5.11 Å². The van der Waals surface area contributed by atoms with Gasteiger partial charge in [-0.2, -0.15) is 0 Å². The van der Waals surface area contributed by atoms with E-state index in [0.29, 0.717) is 12.8 Å². The van der Waals surface area contributed by atoms with Gasteiger partial charge in [-0.1, -0.05) is 123 Å². The van der Waals surface area contributed by atoms with Crippen molar-refractivity contribution in [3.05, 3.63) is 0 Å². The van der Waals surface area contributed by atoms with Crippen LogP contribution >= 0.6 is 0 Å². The van der Waals surface area contributed by atoms with Crippen LogP contribution in [0, 0.1) is 5.92 Å². The predicted octanol–water partition coefficient (Wildman–Crippen LogP) is 8.10. The first-order valence-electron chi connectivity index (χ1n) is 12.4. The predicted molar refractivity (Wildman–Crippen MR) is 120 cm³/mol. The minimum Gasteiger partial charge on any atom is -0.481 e. The minimum atomic E-state index is -0.929. The summed E-state index contributed by atoms with van der Waals surface area (Å²) in [6.07, 6.45) is 23.4. The SMILES string of the molecule is CCCCCCCCCCCCCCCCCC(=O)C(CCCCC)C(=O)O. The van der Waals surface area contributed by atoms with Gasteiger partial charge in [-0.25, -0.2) is 0 Å². The van der Waals surface area contributed by atoms with E-state index in [2.05, 4.69) is 13.8 Å². The maximum absolute atomic E-state index is 12.1. The summed E-state index contributed by atoms with van der Waals surface area (Å²) in [6, 6.07) is 0. The Labute approximate surface area is 175 Å². The van der Waals surface area contributed by atoms with E-state index in [1.54, 1.807) is 0 Å². The third-order valence-corrected chi connectivity index (χ3v) is 5.81. The van der Waals surface area contributed by atoms with Crippen molar-refractivity contribution in [2.45, 2.75) is 142 Å². The summed E-state index contributed by atoms with van der Waals surface area (Å²) < 4.78 is 0. The Morgan fingerprint density at radius 3 is 1.32 bits per heavy atom. The van der Waals surface area contributed by atoms with Crippen molar-refractivity contribution in [2.75, 3.05) is 0 Å². The van der Waals surface area contributed by atoms with E-state index in [1.165, 1.54) is 83.5 Å². The van der Waals surface area contributed by atoms with Crippen LogP contribution in [0.15, 0.2) is 0 Å². The number of hydrogen-bond donors (Lipinski definition) is 1. The molecule has 3 nitrogen and oxygen atoms in total. The van der Waals surface area contributed by atoms with E-state index in [4.69, 9.17) is 0 Å². The average Bonchev–Trinajstić information content (AvgIpc) is 2.67. The first-order valence-corrected chi connectivity index (χ1v) is 12.4. The van der Waals surface area contributed by atoms with Crippen LogP contribution in [0.5, 0.6) is 0 Å². The van der Waals surface area contributed by atoms with Crippen molar-refractivity contribution in [1.29, 1.82) is 0 Å². The molecule has 28 heavy (non-hydrogen) atoms. The smallest absolute Gasteiger partial charge is 0.314 e. The molecular weight excluding hydrogens is 348 g/mol. The van der Waals surface area contributed by atoms with E-state index < -0.39 is 11.9 Å². The van der Waals surface area contributed by atoms with Crippen LogP contribution in [-0.4, -0.2) is 16.9 Å². The van der Waals surface area contributed by atoms with Gasteiger partial charge in [0, 0.05) is 6.42 Å². The Morgan fingerprint density at radius 2 is 0.929 bits per heavy atom. The van der Waals surface area contributed by atoms with Crippen LogP contribution in [0.3, 0.4) is 0 Å². The molecule has 0 aliphatic rings. The molecule has 0 aliphatic carbocycles. The first-order chi connectivity index (χ1) is 13.6. The molecule has 0 saturated heterocycles. The Balaban J connectivity index is 3.43. The van der Waals surface area contributed by atoms with Crippen LogP contribution in [0.1, 0.15) is 142 Å². The standard InChI is InChI=1S/C25H48O3/c1-3-5-7-8-9-10-11-12-13-14-15-16-17-18-20-22-24(26)23(25(27)28)21-19-6-4-2/h23H,3-22H2,1-2H3,(H,27,28). The molecule has 0 bridgehead atoms. The number of unbranched alkanes of at least 4 members (excludes halogenated alkanes) is 16. The molecule has 0 spiro atoms. The van der Waals surface area contributed by atoms with Gasteiger partial charge in [0.1, 0.15) is 11.7 Å². The lowest BCUT2D eigenvalue weighted by atomic mass is 9.93. The fourth-order valence-electron chi connectivity index (χ4n) is 3.87. The molecule has 0 aromatic carbocycles. The number of aliphatic carboxylic acids is 1. The van der Waals surface area contributed by atoms with Crippen LogP contribution in [0.25, 0.3) is 0 Å². The fourth-order valence-corrected chi connectivity index (χ4v) is 3.87. The summed E-state index contributed by atoms with van der Waals surface area (Å²) in [5, 5.41) is 9.25. The van der Waals surface area contributed by atoms with E-state index in [0.717, 1.165) is 32.1 Å². The quantitative estimate of drug-likeness (QED) is 0.148. The second kappa shape index (κ2) is 20.9. The van der Waals surface area contributed by atoms with Crippen molar-refractivity contribution in [3.63, 3.8) is 0 Å². The first kappa shape index (κ1) is 27.1. The molecule has 0 fully saturated rings. The van der Waals surface area contributed by atoms with Crippen LogP contribution in [-0.2, 0) is 9.59 Å². The van der Waals surface area contributed by atoms with Gasteiger partial charge in [0.15, 0.2) is 0 Å². The summed E-state index contributed by atoms with van der Waals surface area (Å²) in [6.45, 7) is 4.36. The summed E-state index contributed by atoms with van der Waals surface area (Å²) in [5.74, 6) is -1.75. The van der Waals surface area contributed by atoms with Gasteiger partial charge >= 0.3 is 5.97 Å². The molecule has 0 aromatic rings. The van der Waals surface area contributed by atoms with E-state index in [1.807, 2.05) is 0 Å². The molecule has 1 N–H and O–H groups in total. The monoisotopic (exact) mass is 396 g/mol. The molecule has 1 unspecified atom stereocenters. The number of rotatable bonds is 22. The zero-order chi connectivity index (χ0) is 20.9. The highest BCUT2D eigenvalue weighted by Crippen LogP contribution is 2.17.